The van der Waals surface area contributed by atoms with E-state index in [0.29, 0.717) is 6.04 Å². The minimum atomic E-state index is 0.482. The average Bonchev–Trinajstić information content (AvgIpc) is 2.75. The molecule has 1 aliphatic carbocycles. The van der Waals surface area contributed by atoms with E-state index < -0.39 is 0 Å². The molecule has 0 saturated heterocycles. The van der Waals surface area contributed by atoms with Gasteiger partial charge in [-0.15, -0.1) is 0 Å². The Balaban J connectivity index is 1.87. The molecule has 1 fully saturated rings. The zero-order chi connectivity index (χ0) is 7.68. The molecular weight excluding hydrogens is 138 g/mol. The zero-order valence-electron chi connectivity index (χ0n) is 6.85. The van der Waals surface area contributed by atoms with Gasteiger partial charge in [0.25, 0.3) is 0 Å². The van der Waals surface area contributed by atoms with Crippen LogP contribution in [0.2, 0.25) is 0 Å². The molecule has 0 aromatic rings. The van der Waals surface area contributed by atoms with Crippen molar-refractivity contribution in [2.24, 2.45) is 5.92 Å². The van der Waals surface area contributed by atoms with Crippen molar-refractivity contribution in [3.05, 3.63) is 11.8 Å². The maximum Gasteiger partial charge on any atom is 0.0585 e. The molecule has 62 valence electrons. The number of allylic oxidation sites excluding steroid dienone is 1. The van der Waals surface area contributed by atoms with Crippen molar-refractivity contribution in [3.8, 4) is 0 Å². The second-order valence-electron chi connectivity index (χ2n) is 3.33. The fourth-order valence-corrected chi connectivity index (χ4v) is 1.44. The molecule has 1 heterocycles. The minimum absolute atomic E-state index is 0.482. The van der Waals surface area contributed by atoms with Crippen molar-refractivity contribution in [1.29, 1.82) is 0 Å². The summed E-state index contributed by atoms with van der Waals surface area (Å²) in [5.41, 5.74) is 7.86. The van der Waals surface area contributed by atoms with Crippen LogP contribution in [-0.2, 0) is 0 Å². The van der Waals surface area contributed by atoms with Crippen molar-refractivity contribution in [3.63, 3.8) is 0 Å². The van der Waals surface area contributed by atoms with Gasteiger partial charge in [0.05, 0.1) is 6.04 Å². The van der Waals surface area contributed by atoms with Crippen LogP contribution in [0, 0.1) is 5.92 Å². The van der Waals surface area contributed by atoms with Gasteiger partial charge in [-0.05, 0) is 31.9 Å². The number of hydrogen-bond acceptors (Lipinski definition) is 3. The van der Waals surface area contributed by atoms with Gasteiger partial charge in [-0.25, -0.2) is 5.43 Å². The van der Waals surface area contributed by atoms with E-state index in [4.69, 9.17) is 0 Å². The van der Waals surface area contributed by atoms with Crippen LogP contribution in [0.3, 0.4) is 0 Å². The third kappa shape index (κ3) is 1.54. The van der Waals surface area contributed by atoms with Gasteiger partial charge in [0.15, 0.2) is 0 Å². The lowest BCUT2D eigenvalue weighted by atomic mass is 10.2. The van der Waals surface area contributed by atoms with Gasteiger partial charge in [0.2, 0.25) is 0 Å². The third-order valence-corrected chi connectivity index (χ3v) is 2.22. The highest BCUT2D eigenvalue weighted by Crippen LogP contribution is 2.35. The van der Waals surface area contributed by atoms with E-state index in [1.807, 2.05) is 7.05 Å². The fourth-order valence-electron chi connectivity index (χ4n) is 1.44. The lowest BCUT2D eigenvalue weighted by molar-refractivity contribution is 0.544. The summed E-state index contributed by atoms with van der Waals surface area (Å²) in [5, 5.41) is 3.14. The van der Waals surface area contributed by atoms with Gasteiger partial charge in [-0.1, -0.05) is 0 Å². The van der Waals surface area contributed by atoms with Crippen molar-refractivity contribution in [2.45, 2.75) is 18.9 Å². The Bertz CT molecular complexity index is 172. The number of hydrogen-bond donors (Lipinski definition) is 3. The minimum Gasteiger partial charge on any atom is -0.325 e. The summed E-state index contributed by atoms with van der Waals surface area (Å²) in [6, 6.07) is 0.482. The highest BCUT2D eigenvalue weighted by atomic mass is 15.4. The Kier molecular flexibility index (Phi) is 1.84. The van der Waals surface area contributed by atoms with E-state index in [0.717, 1.165) is 12.5 Å². The number of nitrogens with one attached hydrogen (secondary N) is 3. The molecule has 2 rings (SSSR count). The van der Waals surface area contributed by atoms with Crippen molar-refractivity contribution in [2.75, 3.05) is 13.6 Å². The summed E-state index contributed by atoms with van der Waals surface area (Å²) in [5.74, 6) is 0.837. The third-order valence-electron chi connectivity index (χ3n) is 2.22. The first-order valence-corrected chi connectivity index (χ1v) is 4.28. The Morgan fingerprint density at radius 3 is 3.09 bits per heavy atom. The van der Waals surface area contributed by atoms with Crippen LogP contribution < -0.4 is 16.2 Å². The molecule has 3 nitrogen and oxygen atoms in total. The lowest BCUT2D eigenvalue weighted by Gasteiger charge is -2.06. The first kappa shape index (κ1) is 7.13. The summed E-state index contributed by atoms with van der Waals surface area (Å²) < 4.78 is 0. The van der Waals surface area contributed by atoms with Crippen LogP contribution >= 0.6 is 0 Å². The second-order valence-corrected chi connectivity index (χ2v) is 3.33. The summed E-state index contributed by atoms with van der Waals surface area (Å²) in [4.78, 5) is 0. The van der Waals surface area contributed by atoms with Gasteiger partial charge in [0.1, 0.15) is 0 Å². The molecule has 1 aliphatic heterocycles. The molecule has 1 atom stereocenters. The van der Waals surface area contributed by atoms with E-state index >= 15 is 0 Å². The quantitative estimate of drug-likeness (QED) is 0.533. The Hall–Kier alpha value is -0.540. The molecule has 11 heavy (non-hydrogen) atoms. The van der Waals surface area contributed by atoms with Crippen LogP contribution in [0.15, 0.2) is 11.8 Å². The van der Waals surface area contributed by atoms with E-state index in [9.17, 15) is 0 Å². The summed E-state index contributed by atoms with van der Waals surface area (Å²) in [6.07, 6.45) is 5.04. The second kappa shape index (κ2) is 2.83. The predicted octanol–water partition coefficient (Wildman–Crippen LogP) is -0.0239. The molecule has 3 N–H and O–H groups in total. The van der Waals surface area contributed by atoms with Gasteiger partial charge in [-0.3, -0.25) is 0 Å². The maximum atomic E-state index is 3.22. The molecule has 1 unspecified atom stereocenters. The Morgan fingerprint density at radius 2 is 2.45 bits per heavy atom. The van der Waals surface area contributed by atoms with Crippen LogP contribution in [0.4, 0.5) is 0 Å². The molecule has 0 radical (unpaired) electrons. The summed E-state index contributed by atoms with van der Waals surface area (Å²) >= 11 is 0. The largest absolute Gasteiger partial charge is 0.325 e. The molecular formula is C8H15N3. The van der Waals surface area contributed by atoms with E-state index in [1.165, 1.54) is 18.5 Å². The standard InChI is InChI=1S/C8H15N3/c1-9-5-7-4-8(11-10-7)6-2-3-6/h4,6-7,9-11H,2-3,5H2,1H3. The molecule has 0 aromatic heterocycles. The van der Waals surface area contributed by atoms with Crippen LogP contribution in [0.1, 0.15) is 12.8 Å². The molecule has 2 aliphatic rings. The van der Waals surface area contributed by atoms with Gasteiger partial charge in [-0.2, -0.15) is 0 Å². The maximum absolute atomic E-state index is 3.22. The molecule has 1 saturated carbocycles. The smallest absolute Gasteiger partial charge is 0.0585 e. The van der Waals surface area contributed by atoms with Gasteiger partial charge >= 0.3 is 0 Å². The lowest BCUT2D eigenvalue weighted by Crippen LogP contribution is -2.38. The van der Waals surface area contributed by atoms with Crippen molar-refractivity contribution < 1.29 is 0 Å². The molecule has 0 bridgehead atoms. The Morgan fingerprint density at radius 1 is 1.64 bits per heavy atom. The van der Waals surface area contributed by atoms with E-state index in [2.05, 4.69) is 22.2 Å². The van der Waals surface area contributed by atoms with Crippen LogP contribution in [-0.4, -0.2) is 19.6 Å². The van der Waals surface area contributed by atoms with E-state index in [1.54, 1.807) is 0 Å². The first-order chi connectivity index (χ1) is 5.40. The van der Waals surface area contributed by atoms with Crippen molar-refractivity contribution in [1.82, 2.24) is 16.2 Å². The highest BCUT2D eigenvalue weighted by Gasteiger charge is 2.29. The first-order valence-electron chi connectivity index (χ1n) is 4.28. The average molecular weight is 153 g/mol. The number of hydrazine groups is 1. The highest BCUT2D eigenvalue weighted by molar-refractivity contribution is 5.17. The molecule has 0 aromatic carbocycles. The SMILES string of the molecule is CNCC1C=C(C2CC2)NN1. The van der Waals surface area contributed by atoms with Gasteiger partial charge < -0.3 is 10.7 Å². The normalized spacial score (nSPS) is 29.9. The summed E-state index contributed by atoms with van der Waals surface area (Å²) in [7, 11) is 1.98. The van der Waals surface area contributed by atoms with Gasteiger partial charge in [0, 0.05) is 12.2 Å². The number of rotatable bonds is 3. The Labute approximate surface area is 67.2 Å². The summed E-state index contributed by atoms with van der Waals surface area (Å²) in [6.45, 7) is 1.00. The monoisotopic (exact) mass is 153 g/mol. The van der Waals surface area contributed by atoms with Crippen LogP contribution in [0.25, 0.3) is 0 Å². The number of likely N-dealkylation sites (N-methyl/N-ethyl adjacent to an activating group) is 1. The predicted molar refractivity (Wildman–Crippen MR) is 44.8 cm³/mol. The molecule has 3 heteroatoms. The zero-order valence-corrected chi connectivity index (χ0v) is 6.85. The molecule has 0 amide bonds. The van der Waals surface area contributed by atoms with E-state index in [-0.39, 0.29) is 0 Å². The van der Waals surface area contributed by atoms with Crippen LogP contribution in [0.5, 0.6) is 0 Å². The fraction of sp³-hybridized carbons (Fsp3) is 0.750. The molecule has 0 spiro atoms. The topological polar surface area (TPSA) is 36.1 Å². The van der Waals surface area contributed by atoms with Crippen molar-refractivity contribution >= 4 is 0 Å².